The minimum absolute atomic E-state index is 0.00990. The van der Waals surface area contributed by atoms with E-state index in [0.717, 1.165) is 27.7 Å². The number of nitrogens with zero attached hydrogens (tertiary/aromatic N) is 1. The number of rotatable bonds is 10. The van der Waals surface area contributed by atoms with Gasteiger partial charge < -0.3 is 30.4 Å². The smallest absolute Gasteiger partial charge is 0.267 e. The summed E-state index contributed by atoms with van der Waals surface area (Å²) in [6.45, 7) is 10.1. The molecule has 4 saturated carbocycles. The number of aliphatic imine (C=N–C) groups is 1. The number of amides is 1. The highest BCUT2D eigenvalue weighted by atomic mass is 127. The number of benzene rings is 2. The quantitative estimate of drug-likeness (QED) is 0.106. The zero-order valence-corrected chi connectivity index (χ0v) is 30.2. The molecule has 248 valence electrons. The van der Waals surface area contributed by atoms with E-state index in [1.54, 1.807) is 20.3 Å². The summed E-state index contributed by atoms with van der Waals surface area (Å²) in [7, 11) is 3.19. The second kappa shape index (κ2) is 12.1. The van der Waals surface area contributed by atoms with Gasteiger partial charge in [-0.2, -0.15) is 0 Å². The Balaban J connectivity index is 1.42. The van der Waals surface area contributed by atoms with E-state index in [-0.39, 0.29) is 28.9 Å². The van der Waals surface area contributed by atoms with Crippen LogP contribution >= 0.6 is 22.6 Å². The molecule has 0 aromatic heterocycles. The lowest BCUT2D eigenvalue weighted by molar-refractivity contribution is -0.281. The number of aliphatic hydroxyl groups is 1. The molecule has 4 N–H and O–H groups in total. The van der Waals surface area contributed by atoms with Crippen molar-refractivity contribution in [2.24, 2.45) is 39.8 Å². The molecule has 3 bridgehead atoms. The fourth-order valence-corrected chi connectivity index (χ4v) is 10.1. The number of nitrogens with two attached hydrogens (primary N) is 1. The molecule has 1 spiro atoms. The summed E-state index contributed by atoms with van der Waals surface area (Å²) in [5, 5.41) is 15.1. The first kappa shape index (κ1) is 33.3. The van der Waals surface area contributed by atoms with Crippen LogP contribution in [0.3, 0.4) is 0 Å². The van der Waals surface area contributed by atoms with Crippen LogP contribution in [0.25, 0.3) is 0 Å². The minimum atomic E-state index is -1.15. The molecule has 8 nitrogen and oxygen atoms in total. The first-order valence-electron chi connectivity index (χ1n) is 16.5. The Morgan fingerprint density at radius 1 is 1.07 bits per heavy atom. The van der Waals surface area contributed by atoms with E-state index >= 15 is 0 Å². The van der Waals surface area contributed by atoms with Crippen molar-refractivity contribution in [2.45, 2.75) is 90.1 Å². The van der Waals surface area contributed by atoms with Crippen LogP contribution in [0.5, 0.6) is 11.5 Å². The Morgan fingerprint density at radius 2 is 1.67 bits per heavy atom. The number of carbonyl (C=O) groups is 1. The predicted octanol–water partition coefficient (Wildman–Crippen LogP) is 6.84. The zero-order chi connectivity index (χ0) is 33.2. The Morgan fingerprint density at radius 3 is 2.22 bits per heavy atom. The summed E-state index contributed by atoms with van der Waals surface area (Å²) in [4.78, 5) is 19.4. The Hall–Kier alpha value is -2.63. The van der Waals surface area contributed by atoms with Gasteiger partial charge in [0.1, 0.15) is 11.5 Å². The molecule has 4 fully saturated rings. The number of halogens is 1. The number of ether oxygens (including phenoxy) is 3. The maximum Gasteiger partial charge on any atom is 0.267 e. The monoisotopic (exact) mass is 741 g/mol. The van der Waals surface area contributed by atoms with Crippen LogP contribution in [0.1, 0.15) is 83.8 Å². The zero-order valence-electron chi connectivity index (χ0n) is 28.0. The molecule has 9 heteroatoms. The largest absolute Gasteiger partial charge is 0.496 e. The Bertz CT molecular complexity index is 1530. The van der Waals surface area contributed by atoms with E-state index in [0.29, 0.717) is 34.6 Å². The van der Waals surface area contributed by atoms with Gasteiger partial charge in [0.25, 0.3) is 5.91 Å². The van der Waals surface area contributed by atoms with Crippen molar-refractivity contribution in [3.05, 3.63) is 62.9 Å². The number of carbonyl (C=O) groups excluding carboxylic acids is 1. The van der Waals surface area contributed by atoms with Crippen LogP contribution in [0, 0.1) is 32.7 Å². The number of fused-ring (bicyclic) bond motifs is 2. The van der Waals surface area contributed by atoms with Gasteiger partial charge in [-0.15, -0.1) is 0 Å². The molecule has 2 aromatic carbocycles. The van der Waals surface area contributed by atoms with E-state index < -0.39 is 23.3 Å². The molecular weight excluding hydrogens is 693 g/mol. The molecule has 4 aliphatic rings. The summed E-state index contributed by atoms with van der Waals surface area (Å²) in [6, 6.07) is 11.6. The molecule has 46 heavy (non-hydrogen) atoms. The highest BCUT2D eigenvalue weighted by Crippen LogP contribution is 2.79. The first-order valence-corrected chi connectivity index (χ1v) is 17.5. The third kappa shape index (κ3) is 5.53. The number of nitrogens with one attached hydrogen (secondary N) is 1. The maximum atomic E-state index is 14.2. The van der Waals surface area contributed by atoms with Crippen molar-refractivity contribution in [2.75, 3.05) is 14.2 Å². The predicted molar refractivity (Wildman–Crippen MR) is 188 cm³/mol. The second-order valence-corrected chi connectivity index (χ2v) is 16.4. The summed E-state index contributed by atoms with van der Waals surface area (Å²) in [5.74, 6) is 2.45. The van der Waals surface area contributed by atoms with E-state index in [4.69, 9.17) is 24.9 Å². The third-order valence-electron chi connectivity index (χ3n) is 11.0. The van der Waals surface area contributed by atoms with Crippen LogP contribution in [-0.4, -0.2) is 48.4 Å². The highest BCUT2D eigenvalue weighted by Gasteiger charge is 2.80. The summed E-state index contributed by atoms with van der Waals surface area (Å²) < 4.78 is 18.9. The van der Waals surface area contributed by atoms with Gasteiger partial charge in [0, 0.05) is 3.57 Å². The fraction of sp³-hybridized carbons (Fsp3) is 0.568. The molecule has 1 amide bonds. The van der Waals surface area contributed by atoms with Gasteiger partial charge in [-0.05, 0) is 152 Å². The molecule has 5 unspecified atom stereocenters. The third-order valence-corrected chi connectivity index (χ3v) is 11.6. The van der Waals surface area contributed by atoms with Crippen molar-refractivity contribution in [1.29, 1.82) is 0 Å². The van der Waals surface area contributed by atoms with Gasteiger partial charge in [0.2, 0.25) is 0 Å². The van der Waals surface area contributed by atoms with Crippen LogP contribution in [0.15, 0.2) is 53.2 Å². The van der Waals surface area contributed by atoms with Crippen molar-refractivity contribution in [1.82, 2.24) is 5.32 Å². The molecule has 0 radical (unpaired) electrons. The minimum Gasteiger partial charge on any atom is -0.496 e. The normalized spacial score (nSPS) is 30.7. The average Bonchev–Trinajstić information content (AvgIpc) is 3.39. The lowest BCUT2D eigenvalue weighted by Crippen LogP contribution is -2.78. The van der Waals surface area contributed by atoms with Crippen LogP contribution in [-0.2, 0) is 9.53 Å². The first-order chi connectivity index (χ1) is 21.7. The van der Waals surface area contributed by atoms with Crippen LogP contribution in [0.2, 0.25) is 0 Å². The second-order valence-electron chi connectivity index (χ2n) is 15.1. The van der Waals surface area contributed by atoms with Crippen LogP contribution in [0.4, 0.5) is 5.69 Å². The standard InChI is InChI=1S/C37H48IN3O5/c1-20(2)24-16-23(38)11-12-26(24)40-27(32-28(44-6)9-8-10-29(32)45-7)17-25(39)33(42)41-37(34(43)46-35(3,4)5)30-14-21-13-22-15-31(37)36(30,18-21)19-22/h8-12,16-17,20-22,30-31,34,43H,13-15,18-19,39H2,1-7H3,(H,41,42)/b25-17-,40-27?. The van der Waals surface area contributed by atoms with Crippen molar-refractivity contribution < 1.29 is 24.1 Å². The lowest BCUT2D eigenvalue weighted by Gasteiger charge is -2.66. The van der Waals surface area contributed by atoms with Gasteiger partial charge in [-0.1, -0.05) is 19.9 Å². The molecule has 4 aliphatic carbocycles. The topological polar surface area (TPSA) is 115 Å². The summed E-state index contributed by atoms with van der Waals surface area (Å²) in [6.07, 6.45) is 6.08. The molecule has 0 saturated heterocycles. The van der Waals surface area contributed by atoms with Crippen LogP contribution < -0.4 is 20.5 Å². The summed E-state index contributed by atoms with van der Waals surface area (Å²) >= 11 is 2.31. The number of allylic oxidation sites excluding steroid dienone is 1. The van der Waals surface area contributed by atoms with E-state index in [9.17, 15) is 9.90 Å². The Labute approximate surface area is 286 Å². The van der Waals surface area contributed by atoms with E-state index in [2.05, 4.69) is 47.8 Å². The number of methoxy groups -OCH3 is 2. The van der Waals surface area contributed by atoms with Gasteiger partial charge in [0.15, 0.2) is 6.29 Å². The molecule has 0 aliphatic heterocycles. The molecule has 5 atom stereocenters. The van der Waals surface area contributed by atoms with Crippen molar-refractivity contribution in [3.63, 3.8) is 0 Å². The van der Waals surface area contributed by atoms with Gasteiger partial charge in [0.05, 0.1) is 48.0 Å². The fourth-order valence-electron chi connectivity index (χ4n) is 9.57. The van der Waals surface area contributed by atoms with Gasteiger partial charge in [-0.25, -0.2) is 4.99 Å². The molecule has 6 rings (SSSR count). The highest BCUT2D eigenvalue weighted by molar-refractivity contribution is 14.1. The maximum absolute atomic E-state index is 14.2. The van der Waals surface area contributed by atoms with Crippen molar-refractivity contribution in [3.8, 4) is 11.5 Å². The molecular formula is C37H48IN3O5. The lowest BCUT2D eigenvalue weighted by atomic mass is 9.44. The Kier molecular flexibility index (Phi) is 8.76. The summed E-state index contributed by atoms with van der Waals surface area (Å²) in [5.41, 5.74) is 8.27. The van der Waals surface area contributed by atoms with Crippen molar-refractivity contribution >= 4 is 39.9 Å². The van der Waals surface area contributed by atoms with Gasteiger partial charge >= 0.3 is 0 Å². The SMILES string of the molecule is COc1cccc(OC)c1C(/C=C(\N)C(=O)NC1(C(O)OC(C)(C)C)C2CC3CC4CC1C2(C3)C4)=Nc1ccc(I)cc1C(C)C. The van der Waals surface area contributed by atoms with E-state index in [1.165, 1.54) is 19.3 Å². The molecule has 2 aromatic rings. The van der Waals surface area contributed by atoms with Gasteiger partial charge in [-0.3, -0.25) is 4.79 Å². The molecule has 0 heterocycles. The number of hydrogen-bond acceptors (Lipinski definition) is 7. The average molecular weight is 742 g/mol. The van der Waals surface area contributed by atoms with E-state index in [1.807, 2.05) is 51.1 Å². The number of aliphatic hydroxyl groups excluding tert-OH is 1. The number of hydrogen-bond donors (Lipinski definition) is 3.